The molecule has 0 aromatic carbocycles. The molecular formula is C8H14F2N2O. The van der Waals surface area contributed by atoms with Gasteiger partial charge in [-0.15, -0.1) is 0 Å². The highest BCUT2D eigenvalue weighted by atomic mass is 19.3. The van der Waals surface area contributed by atoms with E-state index in [1.807, 2.05) is 0 Å². The van der Waals surface area contributed by atoms with Crippen LogP contribution < -0.4 is 11.1 Å². The van der Waals surface area contributed by atoms with E-state index in [4.69, 9.17) is 5.73 Å². The van der Waals surface area contributed by atoms with Gasteiger partial charge in [-0.1, -0.05) is 0 Å². The standard InChI is InChI=1S/C8H14F2N2O/c1-5(11)4-12-7(13)6-2-8(9,10)3-6/h5-6H,2-4,11H2,1H3,(H,12,13). The average Bonchev–Trinajstić information content (AvgIpc) is 1.95. The Morgan fingerprint density at radius 1 is 1.69 bits per heavy atom. The van der Waals surface area contributed by atoms with E-state index in [2.05, 4.69) is 5.32 Å². The predicted octanol–water partition coefficient (Wildman–Crippen LogP) is 0.495. The molecule has 0 heterocycles. The Morgan fingerprint density at radius 3 is 2.62 bits per heavy atom. The number of hydrogen-bond acceptors (Lipinski definition) is 2. The van der Waals surface area contributed by atoms with Gasteiger partial charge in [0, 0.05) is 31.3 Å². The molecule has 76 valence electrons. The van der Waals surface area contributed by atoms with Gasteiger partial charge < -0.3 is 11.1 Å². The largest absolute Gasteiger partial charge is 0.354 e. The van der Waals surface area contributed by atoms with Gasteiger partial charge in [-0.2, -0.15) is 0 Å². The summed E-state index contributed by atoms with van der Waals surface area (Å²) in [6.45, 7) is 2.09. The van der Waals surface area contributed by atoms with Crippen molar-refractivity contribution in [1.82, 2.24) is 5.32 Å². The molecule has 1 atom stereocenters. The van der Waals surface area contributed by atoms with Gasteiger partial charge in [0.15, 0.2) is 0 Å². The van der Waals surface area contributed by atoms with Crippen molar-refractivity contribution in [2.45, 2.75) is 31.7 Å². The van der Waals surface area contributed by atoms with Gasteiger partial charge in [0.25, 0.3) is 0 Å². The van der Waals surface area contributed by atoms with Crippen LogP contribution in [0.1, 0.15) is 19.8 Å². The van der Waals surface area contributed by atoms with Crippen molar-refractivity contribution in [1.29, 1.82) is 0 Å². The molecular weight excluding hydrogens is 178 g/mol. The monoisotopic (exact) mass is 192 g/mol. The van der Waals surface area contributed by atoms with Gasteiger partial charge in [0.1, 0.15) is 0 Å². The van der Waals surface area contributed by atoms with E-state index in [1.165, 1.54) is 0 Å². The Kier molecular flexibility index (Phi) is 2.85. The highest BCUT2D eigenvalue weighted by Crippen LogP contribution is 2.42. The Labute approximate surface area is 75.7 Å². The summed E-state index contributed by atoms with van der Waals surface area (Å²) in [5.74, 6) is -3.45. The third-order valence-electron chi connectivity index (χ3n) is 2.06. The highest BCUT2D eigenvalue weighted by molar-refractivity contribution is 5.79. The maximum absolute atomic E-state index is 12.3. The number of amides is 1. The first-order chi connectivity index (χ1) is 5.91. The van der Waals surface area contributed by atoms with Crippen molar-refractivity contribution in [3.05, 3.63) is 0 Å². The summed E-state index contributed by atoms with van der Waals surface area (Å²) < 4.78 is 24.7. The lowest BCUT2D eigenvalue weighted by atomic mass is 9.81. The maximum atomic E-state index is 12.3. The summed E-state index contributed by atoms with van der Waals surface area (Å²) in [6, 6.07) is -0.135. The highest BCUT2D eigenvalue weighted by Gasteiger charge is 2.48. The van der Waals surface area contributed by atoms with Gasteiger partial charge in [-0.05, 0) is 6.92 Å². The van der Waals surface area contributed by atoms with E-state index in [0.29, 0.717) is 6.54 Å². The third kappa shape index (κ3) is 2.91. The Morgan fingerprint density at radius 2 is 2.23 bits per heavy atom. The average molecular weight is 192 g/mol. The lowest BCUT2D eigenvalue weighted by Crippen LogP contribution is -2.47. The molecule has 1 amide bonds. The number of carbonyl (C=O) groups excluding carboxylic acids is 1. The minimum absolute atomic E-state index is 0.135. The summed E-state index contributed by atoms with van der Waals surface area (Å²) in [4.78, 5) is 11.1. The summed E-state index contributed by atoms with van der Waals surface area (Å²) in [5.41, 5.74) is 5.39. The predicted molar refractivity (Wildman–Crippen MR) is 44.3 cm³/mol. The molecule has 0 aromatic rings. The van der Waals surface area contributed by atoms with E-state index in [0.717, 1.165) is 0 Å². The Balaban J connectivity index is 2.20. The minimum Gasteiger partial charge on any atom is -0.354 e. The van der Waals surface area contributed by atoms with Crippen LogP contribution in [0.2, 0.25) is 0 Å². The maximum Gasteiger partial charge on any atom is 0.249 e. The van der Waals surface area contributed by atoms with Crippen molar-refractivity contribution in [2.75, 3.05) is 6.54 Å². The number of halogens is 2. The van der Waals surface area contributed by atoms with Crippen molar-refractivity contribution < 1.29 is 13.6 Å². The Bertz CT molecular complexity index is 198. The van der Waals surface area contributed by atoms with Crippen LogP contribution in [0.5, 0.6) is 0 Å². The zero-order valence-electron chi connectivity index (χ0n) is 7.52. The summed E-state index contributed by atoms with van der Waals surface area (Å²) >= 11 is 0. The molecule has 0 aromatic heterocycles. The lowest BCUT2D eigenvalue weighted by molar-refractivity contribution is -0.150. The first-order valence-corrected chi connectivity index (χ1v) is 4.32. The summed E-state index contributed by atoms with van der Waals surface area (Å²) in [6.07, 6.45) is -0.643. The van der Waals surface area contributed by atoms with Crippen LogP contribution in [0.25, 0.3) is 0 Å². The van der Waals surface area contributed by atoms with Crippen LogP contribution in [0.15, 0.2) is 0 Å². The third-order valence-corrected chi connectivity index (χ3v) is 2.06. The molecule has 13 heavy (non-hydrogen) atoms. The molecule has 3 nitrogen and oxygen atoms in total. The molecule has 1 aliphatic carbocycles. The second-order valence-corrected chi connectivity index (χ2v) is 3.68. The number of hydrogen-bond donors (Lipinski definition) is 2. The number of nitrogens with one attached hydrogen (secondary N) is 1. The molecule has 0 saturated heterocycles. The molecule has 1 saturated carbocycles. The summed E-state index contributed by atoms with van der Waals surface area (Å²) in [7, 11) is 0. The zero-order valence-corrected chi connectivity index (χ0v) is 7.52. The smallest absolute Gasteiger partial charge is 0.249 e. The van der Waals surface area contributed by atoms with E-state index < -0.39 is 11.8 Å². The van der Waals surface area contributed by atoms with Gasteiger partial charge >= 0.3 is 0 Å². The van der Waals surface area contributed by atoms with E-state index in [1.54, 1.807) is 6.92 Å². The van der Waals surface area contributed by atoms with E-state index >= 15 is 0 Å². The molecule has 1 unspecified atom stereocenters. The molecule has 5 heteroatoms. The van der Waals surface area contributed by atoms with E-state index in [-0.39, 0.29) is 24.8 Å². The second kappa shape index (κ2) is 3.57. The van der Waals surface area contributed by atoms with Crippen LogP contribution in [0.4, 0.5) is 8.78 Å². The topological polar surface area (TPSA) is 55.1 Å². The fourth-order valence-corrected chi connectivity index (χ4v) is 1.25. The van der Waals surface area contributed by atoms with Gasteiger partial charge in [0.2, 0.25) is 11.8 Å². The molecule has 0 aliphatic heterocycles. The molecule has 0 radical (unpaired) electrons. The minimum atomic E-state index is -2.63. The van der Waals surface area contributed by atoms with Crippen molar-refractivity contribution in [3.8, 4) is 0 Å². The van der Waals surface area contributed by atoms with Crippen LogP contribution in [0.3, 0.4) is 0 Å². The van der Waals surface area contributed by atoms with Crippen LogP contribution in [0, 0.1) is 5.92 Å². The van der Waals surface area contributed by atoms with Crippen molar-refractivity contribution in [2.24, 2.45) is 11.7 Å². The first kappa shape index (κ1) is 10.4. The molecule has 1 fully saturated rings. The van der Waals surface area contributed by atoms with Crippen LogP contribution >= 0.6 is 0 Å². The SMILES string of the molecule is CC(N)CNC(=O)C1CC(F)(F)C1. The van der Waals surface area contributed by atoms with Crippen molar-refractivity contribution in [3.63, 3.8) is 0 Å². The Hall–Kier alpha value is -0.710. The quantitative estimate of drug-likeness (QED) is 0.684. The normalized spacial score (nSPS) is 23.4. The molecule has 0 spiro atoms. The fraction of sp³-hybridized carbons (Fsp3) is 0.875. The second-order valence-electron chi connectivity index (χ2n) is 3.68. The molecule has 1 aliphatic rings. The van der Waals surface area contributed by atoms with Crippen LogP contribution in [-0.2, 0) is 4.79 Å². The van der Waals surface area contributed by atoms with Gasteiger partial charge in [0.05, 0.1) is 0 Å². The van der Waals surface area contributed by atoms with Gasteiger partial charge in [-0.25, -0.2) is 8.78 Å². The van der Waals surface area contributed by atoms with E-state index in [9.17, 15) is 13.6 Å². The van der Waals surface area contributed by atoms with Gasteiger partial charge in [-0.3, -0.25) is 4.79 Å². The number of rotatable bonds is 3. The molecule has 0 bridgehead atoms. The number of nitrogens with two attached hydrogens (primary N) is 1. The molecule has 1 rings (SSSR count). The number of alkyl halides is 2. The van der Waals surface area contributed by atoms with Crippen LogP contribution in [-0.4, -0.2) is 24.4 Å². The number of carbonyl (C=O) groups is 1. The first-order valence-electron chi connectivity index (χ1n) is 4.32. The molecule has 3 N–H and O–H groups in total. The fourth-order valence-electron chi connectivity index (χ4n) is 1.25. The zero-order chi connectivity index (χ0) is 10.1. The summed E-state index contributed by atoms with van der Waals surface area (Å²) in [5, 5.41) is 2.52. The lowest BCUT2D eigenvalue weighted by Gasteiger charge is -2.33. The van der Waals surface area contributed by atoms with Crippen molar-refractivity contribution >= 4 is 5.91 Å².